The van der Waals surface area contributed by atoms with Crippen LogP contribution in [-0.4, -0.2) is 38.7 Å². The number of sulfonamides is 1. The molecule has 2 aromatic carbocycles. The number of amidine groups is 1. The van der Waals surface area contributed by atoms with Gasteiger partial charge in [0.05, 0.1) is 11.4 Å². The van der Waals surface area contributed by atoms with E-state index in [-0.39, 0.29) is 29.6 Å². The minimum absolute atomic E-state index is 0.0709. The van der Waals surface area contributed by atoms with Gasteiger partial charge in [0.15, 0.2) is 0 Å². The zero-order chi connectivity index (χ0) is 18.7. The number of carbonyl (C=O) groups is 1. The molecule has 1 aliphatic rings. The van der Waals surface area contributed by atoms with E-state index in [1.54, 1.807) is 42.3 Å². The highest BCUT2D eigenvalue weighted by Gasteiger charge is 2.29. The van der Waals surface area contributed by atoms with E-state index in [0.717, 1.165) is 5.56 Å². The van der Waals surface area contributed by atoms with E-state index < -0.39 is 10.0 Å². The second-order valence-corrected chi connectivity index (χ2v) is 8.05. The van der Waals surface area contributed by atoms with E-state index in [1.165, 1.54) is 6.07 Å². The number of amides is 1. The van der Waals surface area contributed by atoms with E-state index >= 15 is 0 Å². The Labute approximate surface area is 157 Å². The van der Waals surface area contributed by atoms with Crippen LogP contribution in [-0.2, 0) is 21.4 Å². The van der Waals surface area contributed by atoms with Crippen molar-refractivity contribution in [3.63, 3.8) is 0 Å². The molecule has 0 aliphatic carbocycles. The van der Waals surface area contributed by atoms with Crippen molar-refractivity contribution in [3.8, 4) is 0 Å². The van der Waals surface area contributed by atoms with Crippen molar-refractivity contribution in [1.82, 2.24) is 9.62 Å². The molecular weight excluding hydrogens is 374 g/mol. The average molecular weight is 392 g/mol. The normalized spacial score (nSPS) is 16.2. The molecule has 3 rings (SSSR count). The fraction of sp³-hybridized carbons (Fsp3) is 0.222. The zero-order valence-electron chi connectivity index (χ0n) is 14.1. The maximum Gasteiger partial charge on any atom is 0.263 e. The molecule has 0 saturated carbocycles. The zero-order valence-corrected chi connectivity index (χ0v) is 15.7. The summed E-state index contributed by atoms with van der Waals surface area (Å²) >= 11 is 5.85. The van der Waals surface area contributed by atoms with E-state index in [9.17, 15) is 13.2 Å². The molecule has 0 fully saturated rings. The maximum atomic E-state index is 12.3. The first-order valence-corrected chi connectivity index (χ1v) is 9.88. The van der Waals surface area contributed by atoms with Gasteiger partial charge in [0, 0.05) is 30.6 Å². The number of halogens is 1. The molecule has 0 bridgehead atoms. The standard InChI is InChI=1S/C18H18ClN3O3S/c1-22(12-13-6-8-14(19)9-7-13)17(23)10-11-20-18-15-4-2-3-5-16(15)26(24,25)21-18/h2-9H,10-12H2,1H3,(H,20,21). The third-order valence-electron chi connectivity index (χ3n) is 4.02. The Morgan fingerprint density at radius 1 is 1.15 bits per heavy atom. The van der Waals surface area contributed by atoms with Crippen LogP contribution in [0.3, 0.4) is 0 Å². The van der Waals surface area contributed by atoms with Gasteiger partial charge in [-0.25, -0.2) is 8.42 Å². The summed E-state index contributed by atoms with van der Waals surface area (Å²) in [6, 6.07) is 14.0. The third kappa shape index (κ3) is 4.05. The van der Waals surface area contributed by atoms with E-state index in [4.69, 9.17) is 11.6 Å². The average Bonchev–Trinajstić information content (AvgIpc) is 2.88. The van der Waals surface area contributed by atoms with Crippen LogP contribution in [0.1, 0.15) is 17.5 Å². The minimum atomic E-state index is -3.55. The molecule has 0 atom stereocenters. The molecule has 136 valence electrons. The van der Waals surface area contributed by atoms with Gasteiger partial charge in [-0.15, -0.1) is 0 Å². The number of hydrogen-bond acceptors (Lipinski definition) is 4. The lowest BCUT2D eigenvalue weighted by atomic mass is 10.2. The van der Waals surface area contributed by atoms with Crippen molar-refractivity contribution in [1.29, 1.82) is 0 Å². The number of nitrogens with zero attached hydrogens (tertiary/aromatic N) is 2. The number of rotatable bonds is 5. The molecule has 8 heteroatoms. The predicted molar refractivity (Wildman–Crippen MR) is 101 cm³/mol. The summed E-state index contributed by atoms with van der Waals surface area (Å²) in [5, 5.41) is 0.651. The molecule has 0 unspecified atom stereocenters. The Hall–Kier alpha value is -2.38. The first kappa shape index (κ1) is 18.4. The lowest BCUT2D eigenvalue weighted by Crippen LogP contribution is -2.27. The molecule has 1 aliphatic heterocycles. The largest absolute Gasteiger partial charge is 0.341 e. The SMILES string of the molecule is CN(Cc1ccc(Cl)cc1)C(=O)CCN=C1NS(=O)(=O)c2ccccc21. The number of hydrogen-bond donors (Lipinski definition) is 1. The molecule has 6 nitrogen and oxygen atoms in total. The second-order valence-electron chi connectivity index (χ2n) is 5.96. The van der Waals surface area contributed by atoms with Gasteiger partial charge in [-0.1, -0.05) is 35.9 Å². The molecule has 0 aromatic heterocycles. The predicted octanol–water partition coefficient (Wildman–Crippen LogP) is 2.43. The molecule has 1 N–H and O–H groups in total. The summed E-state index contributed by atoms with van der Waals surface area (Å²) in [5.41, 5.74) is 1.52. The molecule has 26 heavy (non-hydrogen) atoms. The highest BCUT2D eigenvalue weighted by molar-refractivity contribution is 7.90. The maximum absolute atomic E-state index is 12.3. The highest BCUT2D eigenvalue weighted by Crippen LogP contribution is 2.22. The topological polar surface area (TPSA) is 78.8 Å². The van der Waals surface area contributed by atoms with E-state index in [0.29, 0.717) is 17.1 Å². The fourth-order valence-electron chi connectivity index (χ4n) is 2.66. The van der Waals surface area contributed by atoms with Gasteiger partial charge in [-0.3, -0.25) is 14.5 Å². The summed E-state index contributed by atoms with van der Waals surface area (Å²) in [4.78, 5) is 18.3. The third-order valence-corrected chi connectivity index (χ3v) is 5.67. The summed E-state index contributed by atoms with van der Waals surface area (Å²) in [7, 11) is -1.83. The van der Waals surface area contributed by atoms with Crippen LogP contribution in [0.2, 0.25) is 5.02 Å². The van der Waals surface area contributed by atoms with E-state index in [1.807, 2.05) is 12.1 Å². The molecular formula is C18H18ClN3O3S. The van der Waals surface area contributed by atoms with Gasteiger partial charge in [-0.2, -0.15) is 0 Å². The summed E-state index contributed by atoms with van der Waals surface area (Å²) in [5.74, 6) is 0.215. The van der Waals surface area contributed by atoms with Crippen LogP contribution in [0.5, 0.6) is 0 Å². The summed E-state index contributed by atoms with van der Waals surface area (Å²) in [6.45, 7) is 0.679. The monoisotopic (exact) mass is 391 g/mol. The van der Waals surface area contributed by atoms with Gasteiger partial charge < -0.3 is 4.90 Å². The molecule has 0 spiro atoms. The van der Waals surface area contributed by atoms with E-state index in [2.05, 4.69) is 9.71 Å². The Balaban J connectivity index is 1.60. The summed E-state index contributed by atoms with van der Waals surface area (Å²) < 4.78 is 26.5. The number of aliphatic imine (C=N–C) groups is 1. The van der Waals surface area contributed by atoms with Crippen molar-refractivity contribution in [2.24, 2.45) is 4.99 Å². The summed E-state index contributed by atoms with van der Waals surface area (Å²) in [6.07, 6.45) is 0.192. The minimum Gasteiger partial charge on any atom is -0.341 e. The lowest BCUT2D eigenvalue weighted by Gasteiger charge is -2.17. The van der Waals surface area contributed by atoms with Crippen molar-refractivity contribution in [3.05, 3.63) is 64.7 Å². The van der Waals surface area contributed by atoms with Crippen molar-refractivity contribution < 1.29 is 13.2 Å². The number of carbonyl (C=O) groups excluding carboxylic acids is 1. The van der Waals surface area contributed by atoms with Gasteiger partial charge >= 0.3 is 0 Å². The smallest absolute Gasteiger partial charge is 0.263 e. The molecule has 0 radical (unpaired) electrons. The van der Waals surface area contributed by atoms with Crippen LogP contribution in [0.15, 0.2) is 58.4 Å². The van der Waals surface area contributed by atoms with Gasteiger partial charge in [-0.05, 0) is 29.8 Å². The Morgan fingerprint density at radius 3 is 2.58 bits per heavy atom. The second kappa shape index (κ2) is 7.47. The number of fused-ring (bicyclic) bond motifs is 1. The van der Waals surface area contributed by atoms with Crippen LogP contribution in [0, 0.1) is 0 Å². The number of nitrogens with one attached hydrogen (secondary N) is 1. The van der Waals surface area contributed by atoms with Crippen LogP contribution in [0.25, 0.3) is 0 Å². The first-order chi connectivity index (χ1) is 12.4. The van der Waals surface area contributed by atoms with Gasteiger partial charge in [0.25, 0.3) is 10.0 Å². The quantitative estimate of drug-likeness (QED) is 0.850. The van der Waals surface area contributed by atoms with Gasteiger partial charge in [0.1, 0.15) is 5.84 Å². The Bertz CT molecular complexity index is 956. The van der Waals surface area contributed by atoms with Crippen molar-refractivity contribution in [2.75, 3.05) is 13.6 Å². The van der Waals surface area contributed by atoms with Gasteiger partial charge in [0.2, 0.25) is 5.91 Å². The molecule has 1 heterocycles. The lowest BCUT2D eigenvalue weighted by molar-refractivity contribution is -0.130. The Kier molecular flexibility index (Phi) is 5.29. The Morgan fingerprint density at radius 2 is 1.85 bits per heavy atom. The van der Waals surface area contributed by atoms with Crippen molar-refractivity contribution in [2.45, 2.75) is 17.9 Å². The van der Waals surface area contributed by atoms with Crippen LogP contribution < -0.4 is 4.72 Å². The first-order valence-electron chi connectivity index (χ1n) is 8.02. The van der Waals surface area contributed by atoms with Crippen LogP contribution >= 0.6 is 11.6 Å². The van der Waals surface area contributed by atoms with Crippen molar-refractivity contribution >= 4 is 33.4 Å². The molecule has 0 saturated heterocycles. The van der Waals surface area contributed by atoms with Crippen LogP contribution in [0.4, 0.5) is 0 Å². The molecule has 1 amide bonds. The molecule has 2 aromatic rings. The highest BCUT2D eigenvalue weighted by atomic mass is 35.5. The number of benzene rings is 2. The fourth-order valence-corrected chi connectivity index (χ4v) is 4.03.